The van der Waals surface area contributed by atoms with E-state index in [-0.39, 0.29) is 28.0 Å². The van der Waals surface area contributed by atoms with Gasteiger partial charge in [-0.05, 0) is 63.6 Å². The van der Waals surface area contributed by atoms with E-state index in [0.717, 1.165) is 15.4 Å². The smallest absolute Gasteiger partial charge is 0.422 e. The first-order valence-electron chi connectivity index (χ1n) is 13.2. The van der Waals surface area contributed by atoms with Crippen LogP contribution in [0, 0.1) is 0 Å². The van der Waals surface area contributed by atoms with Crippen LogP contribution in [0.1, 0.15) is 79.0 Å². The Bertz CT molecular complexity index is 1450. The van der Waals surface area contributed by atoms with Gasteiger partial charge in [0.05, 0.1) is 22.5 Å². The fourth-order valence-electron chi connectivity index (χ4n) is 4.54. The first-order valence-corrected chi connectivity index (χ1v) is 13.2. The summed E-state index contributed by atoms with van der Waals surface area (Å²) < 4.78 is 11.2. The van der Waals surface area contributed by atoms with Crippen LogP contribution < -0.4 is 0 Å². The molecule has 0 atom stereocenters. The fraction of sp³-hybridized carbons (Fsp3) is 0.375. The number of nitrogens with zero attached hydrogens (tertiary/aromatic N) is 2. The van der Waals surface area contributed by atoms with Crippen molar-refractivity contribution in [2.45, 2.75) is 78.9 Å². The summed E-state index contributed by atoms with van der Waals surface area (Å²) in [7, 11) is 0. The zero-order chi connectivity index (χ0) is 29.8. The Labute approximate surface area is 235 Å². The molecule has 210 valence electrons. The monoisotopic (exact) mass is 544 g/mol. The highest BCUT2D eigenvalue weighted by Crippen LogP contribution is 2.47. The second-order valence-corrected chi connectivity index (χ2v) is 12.9. The van der Waals surface area contributed by atoms with E-state index in [1.54, 1.807) is 84.0 Å². The van der Waals surface area contributed by atoms with Crippen molar-refractivity contribution in [3.8, 4) is 0 Å². The Morgan fingerprint density at radius 1 is 0.575 bits per heavy atom. The van der Waals surface area contributed by atoms with E-state index in [9.17, 15) is 19.2 Å². The second kappa shape index (κ2) is 9.77. The molecule has 8 nitrogen and oxygen atoms in total. The molecular formula is C32H36N2O6. The van der Waals surface area contributed by atoms with Crippen LogP contribution in [-0.4, -0.2) is 45.0 Å². The third kappa shape index (κ3) is 5.43. The van der Waals surface area contributed by atoms with Crippen LogP contribution in [0.5, 0.6) is 0 Å². The van der Waals surface area contributed by atoms with Crippen molar-refractivity contribution in [1.82, 2.24) is 9.80 Å². The average Bonchev–Trinajstić information content (AvgIpc) is 3.29. The summed E-state index contributed by atoms with van der Waals surface area (Å²) in [4.78, 5) is 56.9. The van der Waals surface area contributed by atoms with Gasteiger partial charge in [-0.1, -0.05) is 75.4 Å². The van der Waals surface area contributed by atoms with Crippen LogP contribution in [0.2, 0.25) is 0 Å². The molecule has 0 fully saturated rings. The average molecular weight is 545 g/mol. The zero-order valence-electron chi connectivity index (χ0n) is 24.5. The van der Waals surface area contributed by atoms with Crippen molar-refractivity contribution in [2.24, 2.45) is 0 Å². The summed E-state index contributed by atoms with van der Waals surface area (Å²) in [5, 5.41) is 0. The third-order valence-electron chi connectivity index (χ3n) is 6.23. The van der Waals surface area contributed by atoms with Gasteiger partial charge >= 0.3 is 12.2 Å². The molecule has 0 saturated heterocycles. The quantitative estimate of drug-likeness (QED) is 0.420. The maximum Gasteiger partial charge on any atom is 0.422 e. The SMILES string of the molecule is CC(C)(C)OC(=O)N1C(=O)C2=C(c3ccc(C(C)(C)C)cc3)N(C(=O)OC(C)(C)C)C(=O)C2=C1c1ccccc1. The summed E-state index contributed by atoms with van der Waals surface area (Å²) in [6, 6.07) is 16.0. The van der Waals surface area contributed by atoms with E-state index in [1.807, 2.05) is 12.1 Å². The largest absolute Gasteiger partial charge is 0.443 e. The van der Waals surface area contributed by atoms with Gasteiger partial charge in [-0.3, -0.25) is 9.59 Å². The van der Waals surface area contributed by atoms with E-state index >= 15 is 0 Å². The maximum absolute atomic E-state index is 14.1. The minimum absolute atomic E-state index is 0.0518. The molecule has 0 saturated carbocycles. The Morgan fingerprint density at radius 3 is 1.30 bits per heavy atom. The highest BCUT2D eigenvalue weighted by Gasteiger charge is 2.54. The van der Waals surface area contributed by atoms with Crippen LogP contribution in [0.25, 0.3) is 11.4 Å². The highest BCUT2D eigenvalue weighted by atomic mass is 16.6. The summed E-state index contributed by atoms with van der Waals surface area (Å²) in [5.74, 6) is -1.50. The Balaban J connectivity index is 2.01. The molecule has 4 amide bonds. The lowest BCUT2D eigenvalue weighted by molar-refractivity contribution is -0.123. The number of imide groups is 2. The van der Waals surface area contributed by atoms with E-state index in [1.165, 1.54) is 0 Å². The number of fused-ring (bicyclic) bond motifs is 1. The molecule has 2 aromatic rings. The van der Waals surface area contributed by atoms with Crippen molar-refractivity contribution < 1.29 is 28.7 Å². The summed E-state index contributed by atoms with van der Waals surface area (Å²) in [6.07, 6.45) is -1.82. The van der Waals surface area contributed by atoms with E-state index in [2.05, 4.69) is 20.8 Å². The first kappa shape index (κ1) is 28.8. The molecule has 40 heavy (non-hydrogen) atoms. The Morgan fingerprint density at radius 2 is 0.950 bits per heavy atom. The first-order chi connectivity index (χ1) is 18.4. The summed E-state index contributed by atoms with van der Waals surface area (Å²) in [5.41, 5.74) is 0.0369. The lowest BCUT2D eigenvalue weighted by atomic mass is 9.86. The third-order valence-corrected chi connectivity index (χ3v) is 6.23. The number of amides is 4. The van der Waals surface area contributed by atoms with Crippen molar-refractivity contribution in [3.05, 3.63) is 82.4 Å². The lowest BCUT2D eigenvalue weighted by Gasteiger charge is -2.28. The standard InChI is InChI=1S/C32H36N2O6/c1-30(2,3)21-17-15-20(16-18-21)25-23-22(26(35)34(25)29(38)40-32(7,8)9)24(19-13-11-10-12-14-19)33(27(23)36)28(37)39-31(4,5)6/h10-18H,1-9H3. The van der Waals surface area contributed by atoms with Crippen molar-refractivity contribution in [2.75, 3.05) is 0 Å². The van der Waals surface area contributed by atoms with Gasteiger partial charge in [0.2, 0.25) is 0 Å². The van der Waals surface area contributed by atoms with E-state index in [4.69, 9.17) is 9.47 Å². The number of hydrogen-bond acceptors (Lipinski definition) is 6. The van der Waals surface area contributed by atoms with Gasteiger partial charge in [-0.2, -0.15) is 0 Å². The van der Waals surface area contributed by atoms with Crippen molar-refractivity contribution >= 4 is 35.4 Å². The molecule has 0 radical (unpaired) electrons. The fourth-order valence-corrected chi connectivity index (χ4v) is 4.54. The molecule has 0 aromatic heterocycles. The molecule has 2 aliphatic rings. The molecule has 2 aromatic carbocycles. The van der Waals surface area contributed by atoms with Crippen molar-refractivity contribution in [1.29, 1.82) is 0 Å². The summed E-state index contributed by atoms with van der Waals surface area (Å²) in [6.45, 7) is 16.4. The molecule has 2 aliphatic heterocycles. The van der Waals surface area contributed by atoms with Crippen LogP contribution in [-0.2, 0) is 24.5 Å². The molecular weight excluding hydrogens is 508 g/mol. The van der Waals surface area contributed by atoms with Gasteiger partial charge in [0.15, 0.2) is 0 Å². The van der Waals surface area contributed by atoms with Gasteiger partial charge in [-0.15, -0.1) is 0 Å². The summed E-state index contributed by atoms with van der Waals surface area (Å²) >= 11 is 0. The minimum Gasteiger partial charge on any atom is -0.443 e. The second-order valence-electron chi connectivity index (χ2n) is 12.9. The minimum atomic E-state index is -0.912. The molecule has 8 heteroatoms. The van der Waals surface area contributed by atoms with E-state index < -0.39 is 35.2 Å². The van der Waals surface area contributed by atoms with Crippen LogP contribution >= 0.6 is 0 Å². The van der Waals surface area contributed by atoms with Gasteiger partial charge in [-0.25, -0.2) is 19.4 Å². The number of rotatable bonds is 2. The molecule has 0 bridgehead atoms. The topological polar surface area (TPSA) is 93.2 Å². The zero-order valence-corrected chi connectivity index (χ0v) is 24.5. The lowest BCUT2D eigenvalue weighted by Crippen LogP contribution is -2.40. The van der Waals surface area contributed by atoms with Gasteiger partial charge in [0, 0.05) is 0 Å². The molecule has 4 rings (SSSR count). The maximum atomic E-state index is 14.1. The molecule has 0 spiro atoms. The number of carbonyl (C=O) groups excluding carboxylic acids is 4. The number of hydrogen-bond donors (Lipinski definition) is 0. The van der Waals surface area contributed by atoms with Gasteiger partial charge < -0.3 is 9.47 Å². The molecule has 0 aliphatic carbocycles. The van der Waals surface area contributed by atoms with Crippen LogP contribution in [0.15, 0.2) is 65.7 Å². The Hall–Kier alpha value is -4.20. The van der Waals surface area contributed by atoms with Crippen LogP contribution in [0.3, 0.4) is 0 Å². The van der Waals surface area contributed by atoms with Crippen molar-refractivity contribution in [3.63, 3.8) is 0 Å². The number of benzene rings is 2. The number of ether oxygens (including phenoxy) is 2. The molecule has 2 heterocycles. The Kier molecular flexibility index (Phi) is 7.03. The predicted octanol–water partition coefficient (Wildman–Crippen LogP) is 6.66. The van der Waals surface area contributed by atoms with Crippen LogP contribution in [0.4, 0.5) is 9.59 Å². The normalized spacial score (nSPS) is 16.1. The highest BCUT2D eigenvalue weighted by molar-refractivity contribution is 6.35. The number of carbonyl (C=O) groups is 4. The van der Waals surface area contributed by atoms with E-state index in [0.29, 0.717) is 11.1 Å². The predicted molar refractivity (Wildman–Crippen MR) is 152 cm³/mol. The molecule has 0 unspecified atom stereocenters. The van der Waals surface area contributed by atoms with Gasteiger partial charge in [0.1, 0.15) is 11.2 Å². The van der Waals surface area contributed by atoms with Gasteiger partial charge in [0.25, 0.3) is 11.8 Å². The molecule has 0 N–H and O–H groups in total.